The fourth-order valence-electron chi connectivity index (χ4n) is 1.93. The number of nitrogens with zero attached hydrogens (tertiary/aromatic N) is 2. The number of imidazole rings is 1. The molecule has 0 bridgehead atoms. The van der Waals surface area contributed by atoms with Crippen LogP contribution in [0.4, 0.5) is 5.82 Å². The van der Waals surface area contributed by atoms with Gasteiger partial charge >= 0.3 is 5.97 Å². The van der Waals surface area contributed by atoms with Gasteiger partial charge in [0, 0.05) is 6.92 Å². The summed E-state index contributed by atoms with van der Waals surface area (Å²) in [5.74, 6) is -0.465. The Bertz CT molecular complexity index is 635. The minimum atomic E-state index is -0.548. The van der Waals surface area contributed by atoms with E-state index in [4.69, 9.17) is 4.74 Å². The second kappa shape index (κ2) is 6.69. The first-order valence-corrected chi connectivity index (χ1v) is 6.65. The molecule has 1 heterocycles. The summed E-state index contributed by atoms with van der Waals surface area (Å²) in [6.45, 7) is 3.86. The van der Waals surface area contributed by atoms with Crippen molar-refractivity contribution in [2.24, 2.45) is 0 Å². The highest BCUT2D eigenvalue weighted by molar-refractivity contribution is 5.98. The number of aromatic nitrogens is 2. The van der Waals surface area contributed by atoms with Gasteiger partial charge in [0.15, 0.2) is 5.69 Å². The lowest BCUT2D eigenvalue weighted by molar-refractivity contribution is -0.114. The van der Waals surface area contributed by atoms with E-state index in [9.17, 15) is 9.59 Å². The van der Waals surface area contributed by atoms with Gasteiger partial charge in [0.1, 0.15) is 5.82 Å². The maximum atomic E-state index is 11.9. The predicted molar refractivity (Wildman–Crippen MR) is 78.0 cm³/mol. The molecule has 0 saturated heterocycles. The number of hydrogen-bond acceptors (Lipinski definition) is 4. The molecule has 110 valence electrons. The van der Waals surface area contributed by atoms with Gasteiger partial charge in [-0.3, -0.25) is 4.79 Å². The number of carbonyl (C=O) groups is 2. The van der Waals surface area contributed by atoms with Gasteiger partial charge in [-0.05, 0) is 12.5 Å². The third-order valence-corrected chi connectivity index (χ3v) is 2.80. The minimum Gasteiger partial charge on any atom is -0.461 e. The molecule has 0 radical (unpaired) electrons. The highest BCUT2D eigenvalue weighted by atomic mass is 16.5. The van der Waals surface area contributed by atoms with Crippen molar-refractivity contribution in [2.45, 2.75) is 20.4 Å². The van der Waals surface area contributed by atoms with Crippen molar-refractivity contribution in [3.63, 3.8) is 0 Å². The Morgan fingerprint density at radius 1 is 1.29 bits per heavy atom. The molecule has 2 aromatic rings. The maximum absolute atomic E-state index is 11.9. The summed E-state index contributed by atoms with van der Waals surface area (Å²) in [6, 6.07) is 9.70. The van der Waals surface area contributed by atoms with E-state index in [1.807, 2.05) is 30.3 Å². The lowest BCUT2D eigenvalue weighted by Crippen LogP contribution is -2.16. The zero-order valence-corrected chi connectivity index (χ0v) is 12.0. The number of anilines is 1. The van der Waals surface area contributed by atoms with E-state index in [2.05, 4.69) is 10.3 Å². The van der Waals surface area contributed by atoms with Crippen molar-refractivity contribution < 1.29 is 14.3 Å². The normalized spacial score (nSPS) is 10.2. The van der Waals surface area contributed by atoms with Gasteiger partial charge in [0.25, 0.3) is 0 Å². The molecule has 1 amide bonds. The van der Waals surface area contributed by atoms with Crippen LogP contribution in [0.5, 0.6) is 0 Å². The van der Waals surface area contributed by atoms with Gasteiger partial charge in [-0.15, -0.1) is 0 Å². The Morgan fingerprint density at radius 3 is 2.62 bits per heavy atom. The quantitative estimate of drug-likeness (QED) is 0.854. The Labute approximate surface area is 122 Å². The zero-order valence-electron chi connectivity index (χ0n) is 12.0. The van der Waals surface area contributed by atoms with Gasteiger partial charge in [0.05, 0.1) is 19.5 Å². The number of benzene rings is 1. The van der Waals surface area contributed by atoms with Crippen LogP contribution >= 0.6 is 0 Å². The molecule has 0 aliphatic heterocycles. The first-order valence-electron chi connectivity index (χ1n) is 6.65. The number of esters is 1. The first kappa shape index (κ1) is 14.8. The molecular formula is C15H17N3O3. The number of nitrogens with one attached hydrogen (secondary N) is 1. The molecule has 0 fully saturated rings. The van der Waals surface area contributed by atoms with E-state index >= 15 is 0 Å². The number of ether oxygens (including phenoxy) is 1. The Balaban J connectivity index is 2.32. The molecular weight excluding hydrogens is 270 g/mol. The SMILES string of the molecule is CCOC(=O)c1ncn(Cc2ccccc2)c1NC(C)=O. The molecule has 0 spiro atoms. The standard InChI is InChI=1S/C15H17N3O3/c1-3-21-15(20)13-14(17-11(2)19)18(10-16-13)9-12-7-5-4-6-8-12/h4-8,10H,3,9H2,1-2H3,(H,17,19). The van der Waals surface area contributed by atoms with Crippen LogP contribution in [-0.2, 0) is 16.1 Å². The highest BCUT2D eigenvalue weighted by Crippen LogP contribution is 2.17. The molecule has 0 aliphatic rings. The number of hydrogen-bond donors (Lipinski definition) is 1. The van der Waals surface area contributed by atoms with E-state index in [0.29, 0.717) is 12.4 Å². The fraction of sp³-hybridized carbons (Fsp3) is 0.267. The van der Waals surface area contributed by atoms with E-state index in [0.717, 1.165) is 5.56 Å². The second-order valence-corrected chi connectivity index (χ2v) is 4.46. The molecule has 6 heteroatoms. The summed E-state index contributed by atoms with van der Waals surface area (Å²) in [7, 11) is 0. The van der Waals surface area contributed by atoms with Gasteiger partial charge in [0.2, 0.25) is 5.91 Å². The van der Waals surface area contributed by atoms with Gasteiger partial charge in [-0.25, -0.2) is 9.78 Å². The fourth-order valence-corrected chi connectivity index (χ4v) is 1.93. The van der Waals surface area contributed by atoms with E-state index in [-0.39, 0.29) is 18.2 Å². The zero-order chi connectivity index (χ0) is 15.2. The van der Waals surface area contributed by atoms with E-state index in [1.54, 1.807) is 11.5 Å². The molecule has 0 unspecified atom stereocenters. The monoisotopic (exact) mass is 287 g/mol. The van der Waals surface area contributed by atoms with Crippen LogP contribution in [-0.4, -0.2) is 28.0 Å². The molecule has 0 atom stereocenters. The summed E-state index contributed by atoms with van der Waals surface area (Å²) in [5.41, 5.74) is 1.15. The third-order valence-electron chi connectivity index (χ3n) is 2.80. The summed E-state index contributed by atoms with van der Waals surface area (Å²) < 4.78 is 6.66. The molecule has 21 heavy (non-hydrogen) atoms. The van der Waals surface area contributed by atoms with Crippen LogP contribution in [0, 0.1) is 0 Å². The van der Waals surface area contributed by atoms with Gasteiger partial charge < -0.3 is 14.6 Å². The molecule has 1 aromatic carbocycles. The summed E-state index contributed by atoms with van der Waals surface area (Å²) in [4.78, 5) is 27.3. The Hall–Kier alpha value is -2.63. The summed E-state index contributed by atoms with van der Waals surface area (Å²) in [5, 5.41) is 2.64. The van der Waals surface area contributed by atoms with E-state index in [1.165, 1.54) is 13.3 Å². The van der Waals surface area contributed by atoms with Crippen molar-refractivity contribution in [1.82, 2.24) is 9.55 Å². The van der Waals surface area contributed by atoms with Crippen molar-refractivity contribution in [1.29, 1.82) is 0 Å². The predicted octanol–water partition coefficient (Wildman–Crippen LogP) is 2.07. The van der Waals surface area contributed by atoms with Crippen molar-refractivity contribution >= 4 is 17.7 Å². The van der Waals surface area contributed by atoms with Crippen LogP contribution in [0.3, 0.4) is 0 Å². The molecule has 0 aliphatic carbocycles. The largest absolute Gasteiger partial charge is 0.461 e. The first-order chi connectivity index (χ1) is 10.1. The lowest BCUT2D eigenvalue weighted by Gasteiger charge is -2.10. The van der Waals surface area contributed by atoms with Crippen LogP contribution in [0.2, 0.25) is 0 Å². The van der Waals surface area contributed by atoms with Crippen molar-refractivity contribution in [3.05, 3.63) is 47.9 Å². The topological polar surface area (TPSA) is 73.2 Å². The summed E-state index contributed by atoms with van der Waals surface area (Å²) in [6.07, 6.45) is 1.52. The van der Waals surface area contributed by atoms with Crippen LogP contribution < -0.4 is 5.32 Å². The average molecular weight is 287 g/mol. The number of carbonyl (C=O) groups excluding carboxylic acids is 2. The molecule has 6 nitrogen and oxygen atoms in total. The third kappa shape index (κ3) is 3.68. The minimum absolute atomic E-state index is 0.114. The van der Waals surface area contributed by atoms with Gasteiger partial charge in [-0.1, -0.05) is 30.3 Å². The Morgan fingerprint density at radius 2 is 2.00 bits per heavy atom. The van der Waals surface area contributed by atoms with Crippen molar-refractivity contribution in [3.8, 4) is 0 Å². The van der Waals surface area contributed by atoms with Gasteiger partial charge in [-0.2, -0.15) is 0 Å². The molecule has 1 aromatic heterocycles. The number of amides is 1. The van der Waals surface area contributed by atoms with E-state index < -0.39 is 5.97 Å². The smallest absolute Gasteiger partial charge is 0.360 e. The molecule has 1 N–H and O–H groups in total. The van der Waals surface area contributed by atoms with Crippen LogP contribution in [0.15, 0.2) is 36.7 Å². The van der Waals surface area contributed by atoms with Crippen LogP contribution in [0.1, 0.15) is 29.9 Å². The number of rotatable bonds is 5. The average Bonchev–Trinajstić information content (AvgIpc) is 2.82. The van der Waals surface area contributed by atoms with Crippen molar-refractivity contribution in [2.75, 3.05) is 11.9 Å². The lowest BCUT2D eigenvalue weighted by atomic mass is 10.2. The summed E-state index contributed by atoms with van der Waals surface area (Å²) >= 11 is 0. The van der Waals surface area contributed by atoms with Crippen LogP contribution in [0.25, 0.3) is 0 Å². The highest BCUT2D eigenvalue weighted by Gasteiger charge is 2.20. The molecule has 2 rings (SSSR count). The second-order valence-electron chi connectivity index (χ2n) is 4.46. The Kier molecular flexibility index (Phi) is 4.71. The molecule has 0 saturated carbocycles. The maximum Gasteiger partial charge on any atom is 0.360 e.